The van der Waals surface area contributed by atoms with Gasteiger partial charge in [0.05, 0.1) is 30.7 Å². The van der Waals surface area contributed by atoms with Gasteiger partial charge in [-0.3, -0.25) is 16.0 Å². The van der Waals surface area contributed by atoms with E-state index in [4.69, 9.17) is 4.74 Å². The highest BCUT2D eigenvalue weighted by atomic mass is 32.2. The van der Waals surface area contributed by atoms with Crippen LogP contribution in [-0.2, 0) is 4.74 Å². The average Bonchev–Trinajstić information content (AvgIpc) is 3.86. The molecule has 4 nitrogen and oxygen atoms in total. The van der Waals surface area contributed by atoms with Crippen molar-refractivity contribution in [3.05, 3.63) is 0 Å². The predicted octanol–water partition coefficient (Wildman–Crippen LogP) is 12.5. The molecule has 12 fully saturated rings. The molecule has 0 aromatic carbocycles. The van der Waals surface area contributed by atoms with Crippen LogP contribution in [0.25, 0.3) is 0 Å². The van der Waals surface area contributed by atoms with E-state index in [0.717, 1.165) is 99.3 Å². The molecule has 326 valence electrons. The highest BCUT2D eigenvalue weighted by Crippen LogP contribution is 2.60. The van der Waals surface area contributed by atoms with Crippen molar-refractivity contribution in [3.8, 4) is 0 Å². The van der Waals surface area contributed by atoms with E-state index in [-0.39, 0.29) is 0 Å². The van der Waals surface area contributed by atoms with E-state index in [1.807, 2.05) is 0 Å². The van der Waals surface area contributed by atoms with Crippen molar-refractivity contribution in [1.29, 1.82) is 0 Å². The van der Waals surface area contributed by atoms with Gasteiger partial charge in [0.15, 0.2) is 0 Å². The van der Waals surface area contributed by atoms with Gasteiger partial charge in [-0.15, -0.1) is 0 Å². The van der Waals surface area contributed by atoms with Gasteiger partial charge in [-0.1, -0.05) is 109 Å². The molecule has 5 heteroatoms. The Bertz CT molecular complexity index is 1380. The standard InChI is InChI=1S/C53H87N3OS/c1-3-12-32(13-4-1)36-22-23-38-29-39(25-24-37(38)28-36)51-54-52(56-53(55-51)44-20-11-19-42-41-18-9-10-21-47(41)58-50(42)44)43-27-26-40(33-14-5-2-6-15-33)49-48(43)45-30-34-16-7-8-17-35(34)31-46(45)57-49/h32-56H,1-31H2. The quantitative estimate of drug-likeness (QED) is 0.258. The third-order valence-corrected chi connectivity index (χ3v) is 23.8. The van der Waals surface area contributed by atoms with Crippen molar-refractivity contribution in [3.63, 3.8) is 0 Å². The number of rotatable bonds is 5. The Morgan fingerprint density at radius 3 is 1.66 bits per heavy atom. The maximum absolute atomic E-state index is 7.64. The Morgan fingerprint density at radius 2 is 0.862 bits per heavy atom. The maximum Gasteiger partial charge on any atom is 0.0645 e. The number of hydrogen-bond donors (Lipinski definition) is 3. The van der Waals surface area contributed by atoms with Gasteiger partial charge in [0, 0.05) is 10.5 Å². The zero-order chi connectivity index (χ0) is 38.2. The molecule has 0 aromatic rings. The molecular formula is C53H87N3OS. The first-order valence-electron chi connectivity index (χ1n) is 27.3. The Morgan fingerprint density at radius 1 is 0.328 bits per heavy atom. The van der Waals surface area contributed by atoms with E-state index >= 15 is 0 Å². The number of fused-ring (bicyclic) bond motifs is 8. The lowest BCUT2D eigenvalue weighted by molar-refractivity contribution is -0.0751. The second-order valence-corrected chi connectivity index (χ2v) is 25.7. The lowest BCUT2D eigenvalue weighted by Crippen LogP contribution is -2.74. The van der Waals surface area contributed by atoms with Gasteiger partial charge >= 0.3 is 0 Å². The van der Waals surface area contributed by atoms with Crippen molar-refractivity contribution in [2.24, 2.45) is 88.8 Å². The van der Waals surface area contributed by atoms with Crippen molar-refractivity contribution in [2.75, 3.05) is 0 Å². The van der Waals surface area contributed by atoms with Crippen LogP contribution in [0.5, 0.6) is 0 Å². The van der Waals surface area contributed by atoms with E-state index in [1.165, 1.54) is 167 Å². The number of thioether (sulfide) groups is 1. The average molecular weight is 814 g/mol. The van der Waals surface area contributed by atoms with E-state index < -0.39 is 0 Å². The highest BCUT2D eigenvalue weighted by molar-refractivity contribution is 8.00. The van der Waals surface area contributed by atoms with Gasteiger partial charge in [-0.05, 0) is 179 Å². The summed E-state index contributed by atoms with van der Waals surface area (Å²) in [6.45, 7) is 0. The SMILES string of the molecule is C1CCC(C2CCC3CC(C4NC(C5CCCC6C7CCCCC7SC56)NC(C5CCC(C6CCCCC6)C6OC7CC8CCCCC8CC7C56)N4)CCC3C2)CC1. The van der Waals surface area contributed by atoms with E-state index in [1.54, 1.807) is 32.1 Å². The van der Waals surface area contributed by atoms with E-state index in [9.17, 15) is 0 Å². The van der Waals surface area contributed by atoms with Crippen molar-refractivity contribution in [1.82, 2.24) is 16.0 Å². The first kappa shape index (κ1) is 39.8. The lowest BCUT2D eigenvalue weighted by atomic mass is 9.57. The molecule has 0 amide bonds. The lowest BCUT2D eigenvalue weighted by Gasteiger charge is -2.54. The Hall–Kier alpha value is 0.190. The molecule has 0 spiro atoms. The molecule has 3 aliphatic heterocycles. The molecule has 9 aliphatic carbocycles. The summed E-state index contributed by atoms with van der Waals surface area (Å²) >= 11 is 2.52. The van der Waals surface area contributed by atoms with Gasteiger partial charge in [-0.25, -0.2) is 0 Å². The maximum atomic E-state index is 7.64. The summed E-state index contributed by atoms with van der Waals surface area (Å²) in [5.74, 6) is 13.8. The van der Waals surface area contributed by atoms with Crippen LogP contribution < -0.4 is 16.0 Å². The molecule has 3 saturated heterocycles. The van der Waals surface area contributed by atoms with Crippen LogP contribution >= 0.6 is 11.8 Å². The van der Waals surface area contributed by atoms with Crippen molar-refractivity contribution >= 4 is 11.8 Å². The van der Waals surface area contributed by atoms with Gasteiger partial charge in [-0.2, -0.15) is 11.8 Å². The topological polar surface area (TPSA) is 45.3 Å². The van der Waals surface area contributed by atoms with Crippen LogP contribution in [-0.4, -0.2) is 41.2 Å². The van der Waals surface area contributed by atoms with Gasteiger partial charge in [0.25, 0.3) is 0 Å². The van der Waals surface area contributed by atoms with Gasteiger partial charge in [0.1, 0.15) is 0 Å². The molecule has 58 heavy (non-hydrogen) atoms. The van der Waals surface area contributed by atoms with Crippen LogP contribution in [0.4, 0.5) is 0 Å². The molecule has 20 unspecified atom stereocenters. The van der Waals surface area contributed by atoms with Crippen molar-refractivity contribution < 1.29 is 4.74 Å². The van der Waals surface area contributed by atoms with Crippen LogP contribution in [0.3, 0.4) is 0 Å². The van der Waals surface area contributed by atoms with Gasteiger partial charge < -0.3 is 4.74 Å². The van der Waals surface area contributed by atoms with Crippen molar-refractivity contribution in [2.45, 2.75) is 240 Å². The molecule has 12 rings (SSSR count). The summed E-state index contributed by atoms with van der Waals surface area (Å²) in [5, 5.41) is 15.6. The number of nitrogens with one attached hydrogen (secondary N) is 3. The summed E-state index contributed by atoms with van der Waals surface area (Å²) in [6, 6.07) is 0. The second kappa shape index (κ2) is 17.3. The largest absolute Gasteiger partial charge is 0.374 e. The summed E-state index contributed by atoms with van der Waals surface area (Å²) in [4.78, 5) is 0. The van der Waals surface area contributed by atoms with Crippen LogP contribution in [0.1, 0.15) is 199 Å². The van der Waals surface area contributed by atoms with E-state index in [2.05, 4.69) is 27.7 Å². The minimum atomic E-state index is 0.455. The van der Waals surface area contributed by atoms with Crippen LogP contribution in [0, 0.1) is 88.8 Å². The Labute approximate surface area is 360 Å². The molecule has 0 aromatic heterocycles. The summed E-state index contributed by atoms with van der Waals surface area (Å²) < 4.78 is 7.64. The fourth-order valence-electron chi connectivity index (χ4n) is 19.1. The third-order valence-electron chi connectivity index (χ3n) is 21.8. The summed E-state index contributed by atoms with van der Waals surface area (Å²) in [7, 11) is 0. The van der Waals surface area contributed by atoms with Crippen LogP contribution in [0.15, 0.2) is 0 Å². The summed E-state index contributed by atoms with van der Waals surface area (Å²) in [6.07, 6.45) is 49.1. The molecule has 9 saturated carbocycles. The molecule has 0 bridgehead atoms. The monoisotopic (exact) mass is 814 g/mol. The molecule has 12 aliphatic rings. The molecule has 3 heterocycles. The number of ether oxygens (including phenoxy) is 1. The highest BCUT2D eigenvalue weighted by Gasteiger charge is 2.59. The molecule has 3 N–H and O–H groups in total. The third kappa shape index (κ3) is 7.49. The minimum absolute atomic E-state index is 0.455. The zero-order valence-electron chi connectivity index (χ0n) is 36.9. The van der Waals surface area contributed by atoms with Gasteiger partial charge in [0.2, 0.25) is 0 Å². The molecule has 20 atom stereocenters. The first-order valence-corrected chi connectivity index (χ1v) is 28.2. The van der Waals surface area contributed by atoms with Crippen LogP contribution in [0.2, 0.25) is 0 Å². The predicted molar refractivity (Wildman–Crippen MR) is 240 cm³/mol. The normalized spacial score (nSPS) is 54.0. The fraction of sp³-hybridized carbons (Fsp3) is 1.00. The Kier molecular flexibility index (Phi) is 11.9. The molecule has 0 radical (unpaired) electrons. The summed E-state index contributed by atoms with van der Waals surface area (Å²) in [5.41, 5.74) is 0. The Balaban J connectivity index is 0.822. The second-order valence-electron chi connectivity index (χ2n) is 24.3. The number of hydrogen-bond acceptors (Lipinski definition) is 5. The smallest absolute Gasteiger partial charge is 0.0645 e. The first-order chi connectivity index (χ1) is 28.7. The zero-order valence-corrected chi connectivity index (χ0v) is 37.8. The fourth-order valence-corrected chi connectivity index (χ4v) is 21.4. The minimum Gasteiger partial charge on any atom is -0.374 e. The molecular weight excluding hydrogens is 727 g/mol. The van der Waals surface area contributed by atoms with E-state index in [0.29, 0.717) is 30.7 Å².